The number of nitrogens with zero attached hydrogens (tertiary/aromatic N) is 2. The fourth-order valence-electron chi connectivity index (χ4n) is 2.45. The minimum Gasteiger partial charge on any atom is -0.326 e. The molecule has 0 aromatic carbocycles. The number of hydrogen-bond donors (Lipinski definition) is 1. The zero-order valence-corrected chi connectivity index (χ0v) is 11.2. The van der Waals surface area contributed by atoms with Crippen LogP contribution in [0.5, 0.6) is 0 Å². The number of aromatic nitrogens is 1. The van der Waals surface area contributed by atoms with Crippen molar-refractivity contribution < 1.29 is 0 Å². The summed E-state index contributed by atoms with van der Waals surface area (Å²) in [5, 5.41) is 0. The molecule has 4 heteroatoms. The van der Waals surface area contributed by atoms with Crippen LogP contribution in [0.25, 0.3) is 0 Å². The summed E-state index contributed by atoms with van der Waals surface area (Å²) in [6, 6.07) is 4.66. The van der Waals surface area contributed by atoms with Crippen LogP contribution in [0.4, 0.5) is 0 Å². The van der Waals surface area contributed by atoms with Crippen molar-refractivity contribution in [3.8, 4) is 0 Å². The Kier molecular flexibility index (Phi) is 4.83. The SMILES string of the molecule is CC(N)C(c1ccncc1)N1CCCSCC1. The van der Waals surface area contributed by atoms with E-state index in [-0.39, 0.29) is 6.04 Å². The van der Waals surface area contributed by atoms with Crippen molar-refractivity contribution in [1.82, 2.24) is 9.88 Å². The van der Waals surface area contributed by atoms with Crippen LogP contribution in [0, 0.1) is 0 Å². The van der Waals surface area contributed by atoms with Crippen LogP contribution in [-0.4, -0.2) is 40.5 Å². The van der Waals surface area contributed by atoms with Gasteiger partial charge in [0.2, 0.25) is 0 Å². The normalized spacial score (nSPS) is 21.8. The molecule has 0 amide bonds. The molecule has 0 aliphatic carbocycles. The molecule has 0 radical (unpaired) electrons. The molecule has 94 valence electrons. The quantitative estimate of drug-likeness (QED) is 0.891. The van der Waals surface area contributed by atoms with Gasteiger partial charge in [0.25, 0.3) is 0 Å². The first kappa shape index (κ1) is 12.9. The van der Waals surface area contributed by atoms with Crippen LogP contribution in [0.15, 0.2) is 24.5 Å². The maximum absolute atomic E-state index is 6.18. The van der Waals surface area contributed by atoms with Crippen molar-refractivity contribution >= 4 is 11.8 Å². The summed E-state index contributed by atoms with van der Waals surface area (Å²) < 4.78 is 0. The highest BCUT2D eigenvalue weighted by atomic mass is 32.2. The second kappa shape index (κ2) is 6.38. The number of pyridine rings is 1. The van der Waals surface area contributed by atoms with Gasteiger partial charge in [-0.1, -0.05) is 0 Å². The van der Waals surface area contributed by atoms with Crippen LogP contribution < -0.4 is 5.73 Å². The van der Waals surface area contributed by atoms with Crippen LogP contribution in [-0.2, 0) is 0 Å². The molecule has 0 spiro atoms. The fourth-order valence-corrected chi connectivity index (χ4v) is 3.35. The van der Waals surface area contributed by atoms with E-state index in [1.165, 1.54) is 23.5 Å². The van der Waals surface area contributed by atoms with Gasteiger partial charge in [0, 0.05) is 36.8 Å². The molecule has 0 saturated carbocycles. The monoisotopic (exact) mass is 251 g/mol. The van der Waals surface area contributed by atoms with Gasteiger partial charge in [-0.2, -0.15) is 11.8 Å². The number of nitrogens with two attached hydrogens (primary N) is 1. The lowest BCUT2D eigenvalue weighted by Crippen LogP contribution is -2.40. The van der Waals surface area contributed by atoms with Gasteiger partial charge in [-0.15, -0.1) is 0 Å². The molecule has 17 heavy (non-hydrogen) atoms. The summed E-state index contributed by atoms with van der Waals surface area (Å²) in [5.41, 5.74) is 7.48. The van der Waals surface area contributed by atoms with Gasteiger partial charge in [-0.3, -0.25) is 9.88 Å². The third-order valence-corrected chi connectivity index (χ3v) is 4.24. The first-order valence-corrected chi connectivity index (χ1v) is 7.42. The average Bonchev–Trinajstić information content (AvgIpc) is 2.59. The van der Waals surface area contributed by atoms with Gasteiger partial charge in [-0.05, 0) is 43.3 Å². The van der Waals surface area contributed by atoms with Gasteiger partial charge in [-0.25, -0.2) is 0 Å². The zero-order valence-electron chi connectivity index (χ0n) is 10.4. The predicted octanol–water partition coefficient (Wildman–Crippen LogP) is 1.91. The Morgan fingerprint density at radius 1 is 1.29 bits per heavy atom. The highest BCUT2D eigenvalue weighted by Gasteiger charge is 2.24. The first-order chi connectivity index (χ1) is 8.29. The highest BCUT2D eigenvalue weighted by molar-refractivity contribution is 7.99. The lowest BCUT2D eigenvalue weighted by atomic mass is 10.00. The Morgan fingerprint density at radius 3 is 2.76 bits per heavy atom. The summed E-state index contributed by atoms with van der Waals surface area (Å²) in [7, 11) is 0. The highest BCUT2D eigenvalue weighted by Crippen LogP contribution is 2.25. The lowest BCUT2D eigenvalue weighted by Gasteiger charge is -2.33. The molecule has 2 heterocycles. The van der Waals surface area contributed by atoms with Crippen molar-refractivity contribution in [2.24, 2.45) is 5.73 Å². The van der Waals surface area contributed by atoms with E-state index in [0.29, 0.717) is 6.04 Å². The summed E-state index contributed by atoms with van der Waals surface area (Å²) in [6.07, 6.45) is 4.98. The summed E-state index contributed by atoms with van der Waals surface area (Å²) in [4.78, 5) is 6.62. The van der Waals surface area contributed by atoms with E-state index in [2.05, 4.69) is 28.9 Å². The molecule has 2 atom stereocenters. The van der Waals surface area contributed by atoms with Gasteiger partial charge in [0.15, 0.2) is 0 Å². The smallest absolute Gasteiger partial charge is 0.0497 e. The Bertz CT molecular complexity index is 321. The Balaban J connectivity index is 2.16. The number of thioether (sulfide) groups is 1. The Morgan fingerprint density at radius 2 is 2.06 bits per heavy atom. The second-order valence-corrected chi connectivity index (χ2v) is 5.81. The maximum Gasteiger partial charge on any atom is 0.0497 e. The minimum absolute atomic E-state index is 0.153. The summed E-state index contributed by atoms with van der Waals surface area (Å²) >= 11 is 2.05. The van der Waals surface area contributed by atoms with Gasteiger partial charge in [0.1, 0.15) is 0 Å². The predicted molar refractivity (Wildman–Crippen MR) is 74.1 cm³/mol. The molecule has 2 unspecified atom stereocenters. The van der Waals surface area contributed by atoms with Gasteiger partial charge >= 0.3 is 0 Å². The van der Waals surface area contributed by atoms with Crippen molar-refractivity contribution in [2.45, 2.75) is 25.4 Å². The first-order valence-electron chi connectivity index (χ1n) is 6.26. The van der Waals surface area contributed by atoms with Crippen LogP contribution in [0.3, 0.4) is 0 Å². The molecule has 1 aromatic heterocycles. The molecule has 1 aromatic rings. The standard InChI is InChI=1S/C13H21N3S/c1-11(14)13(12-3-5-15-6-4-12)16-7-2-9-17-10-8-16/h3-6,11,13H,2,7-10,14H2,1H3. The molecule has 3 nitrogen and oxygen atoms in total. The Labute approximate surface area is 108 Å². The molecule has 1 aliphatic heterocycles. The van der Waals surface area contributed by atoms with Crippen molar-refractivity contribution in [3.63, 3.8) is 0 Å². The molecule has 1 saturated heterocycles. The third-order valence-electron chi connectivity index (χ3n) is 3.20. The average molecular weight is 251 g/mol. The minimum atomic E-state index is 0.153. The third kappa shape index (κ3) is 3.44. The summed E-state index contributed by atoms with van der Waals surface area (Å²) in [5.74, 6) is 2.49. The van der Waals surface area contributed by atoms with E-state index in [4.69, 9.17) is 5.73 Å². The van der Waals surface area contributed by atoms with E-state index in [1.807, 2.05) is 24.2 Å². The van der Waals surface area contributed by atoms with Crippen LogP contribution in [0.1, 0.15) is 24.9 Å². The van der Waals surface area contributed by atoms with Crippen LogP contribution in [0.2, 0.25) is 0 Å². The lowest BCUT2D eigenvalue weighted by molar-refractivity contribution is 0.190. The van der Waals surface area contributed by atoms with E-state index in [9.17, 15) is 0 Å². The van der Waals surface area contributed by atoms with Crippen molar-refractivity contribution in [1.29, 1.82) is 0 Å². The zero-order chi connectivity index (χ0) is 12.1. The summed E-state index contributed by atoms with van der Waals surface area (Å²) in [6.45, 7) is 4.39. The molecular weight excluding hydrogens is 230 g/mol. The molecule has 2 N–H and O–H groups in total. The Hall–Kier alpha value is -0.580. The fraction of sp³-hybridized carbons (Fsp3) is 0.615. The maximum atomic E-state index is 6.18. The van der Waals surface area contributed by atoms with Gasteiger partial charge in [0.05, 0.1) is 0 Å². The van der Waals surface area contributed by atoms with E-state index < -0.39 is 0 Å². The van der Waals surface area contributed by atoms with Crippen LogP contribution >= 0.6 is 11.8 Å². The second-order valence-electron chi connectivity index (χ2n) is 4.59. The van der Waals surface area contributed by atoms with Gasteiger partial charge < -0.3 is 5.73 Å². The van der Waals surface area contributed by atoms with E-state index in [0.717, 1.165) is 13.1 Å². The van der Waals surface area contributed by atoms with Crippen molar-refractivity contribution in [3.05, 3.63) is 30.1 Å². The molecule has 0 bridgehead atoms. The topological polar surface area (TPSA) is 42.1 Å². The molecule has 1 aliphatic rings. The number of rotatable bonds is 3. The van der Waals surface area contributed by atoms with E-state index in [1.54, 1.807) is 0 Å². The molecular formula is C13H21N3S. The largest absolute Gasteiger partial charge is 0.326 e. The number of hydrogen-bond acceptors (Lipinski definition) is 4. The van der Waals surface area contributed by atoms with E-state index >= 15 is 0 Å². The molecule has 2 rings (SSSR count). The molecule has 1 fully saturated rings. The van der Waals surface area contributed by atoms with Crippen molar-refractivity contribution in [2.75, 3.05) is 24.6 Å².